The number of hydrogen-bond donors (Lipinski definition) is 1. The lowest BCUT2D eigenvalue weighted by molar-refractivity contribution is -0.384. The number of aliphatic hydroxyl groups excluding tert-OH is 1. The second-order valence-electron chi connectivity index (χ2n) is 6.23. The Morgan fingerprint density at radius 3 is 2.50 bits per heavy atom. The molecule has 30 heavy (non-hydrogen) atoms. The van der Waals surface area contributed by atoms with Gasteiger partial charge in [-0.15, -0.1) is 0 Å². The molecule has 1 N–H and O–H groups in total. The van der Waals surface area contributed by atoms with Crippen LogP contribution in [0.4, 0.5) is 5.69 Å². The molecular formula is C21H17N3O6. The van der Waals surface area contributed by atoms with Crippen LogP contribution in [0.3, 0.4) is 0 Å². The van der Waals surface area contributed by atoms with E-state index in [0.717, 1.165) is 6.07 Å². The second kappa shape index (κ2) is 8.48. The minimum Gasteiger partial charge on any atom is -0.512 e. The number of nitrogens with zero attached hydrogens (tertiary/aromatic N) is 3. The highest BCUT2D eigenvalue weighted by atomic mass is 16.6. The zero-order chi connectivity index (χ0) is 21.8. The van der Waals surface area contributed by atoms with Crippen LogP contribution in [0.15, 0.2) is 69.8 Å². The zero-order valence-corrected chi connectivity index (χ0v) is 16.2. The molecule has 0 atom stereocenters. The average Bonchev–Trinajstić information content (AvgIpc) is 3.06. The van der Waals surface area contributed by atoms with Crippen LogP contribution in [0.2, 0.25) is 0 Å². The summed E-state index contributed by atoms with van der Waals surface area (Å²) in [5.74, 6) is -1.73. The maximum absolute atomic E-state index is 12.6. The number of nitro groups is 1. The molecule has 0 bridgehead atoms. The number of amides is 1. The van der Waals surface area contributed by atoms with Gasteiger partial charge in [0.25, 0.3) is 11.6 Å². The molecule has 0 aliphatic carbocycles. The van der Waals surface area contributed by atoms with Crippen LogP contribution >= 0.6 is 0 Å². The molecule has 152 valence electrons. The Morgan fingerprint density at radius 2 is 1.87 bits per heavy atom. The van der Waals surface area contributed by atoms with Crippen LogP contribution in [0.5, 0.6) is 0 Å². The molecule has 2 aromatic rings. The molecule has 0 unspecified atom stereocenters. The fourth-order valence-electron chi connectivity index (χ4n) is 2.92. The predicted octanol–water partition coefficient (Wildman–Crippen LogP) is 3.38. The molecule has 0 saturated carbocycles. The molecule has 0 aromatic heterocycles. The summed E-state index contributed by atoms with van der Waals surface area (Å²) in [6.07, 6.45) is 0. The van der Waals surface area contributed by atoms with Crippen molar-refractivity contribution in [1.29, 1.82) is 0 Å². The van der Waals surface area contributed by atoms with Gasteiger partial charge in [-0.1, -0.05) is 30.3 Å². The van der Waals surface area contributed by atoms with Gasteiger partial charge in [0.05, 0.1) is 17.2 Å². The summed E-state index contributed by atoms with van der Waals surface area (Å²) in [6.45, 7) is 3.08. The number of rotatable bonds is 5. The van der Waals surface area contributed by atoms with Crippen molar-refractivity contribution in [2.24, 2.45) is 9.98 Å². The second-order valence-corrected chi connectivity index (χ2v) is 6.23. The molecule has 1 aliphatic rings. The number of amidine groups is 1. The van der Waals surface area contributed by atoms with Gasteiger partial charge in [0, 0.05) is 28.8 Å². The number of esters is 1. The predicted molar refractivity (Wildman–Crippen MR) is 109 cm³/mol. The lowest BCUT2D eigenvalue weighted by Gasteiger charge is -2.08. The number of carbonyl (C=O) groups excluding carboxylic acids is 2. The summed E-state index contributed by atoms with van der Waals surface area (Å²) in [5, 5.41) is 21.0. The number of aliphatic hydroxyl groups is 1. The van der Waals surface area contributed by atoms with Gasteiger partial charge in [0.2, 0.25) is 0 Å². The number of carbonyl (C=O) groups is 2. The third kappa shape index (κ3) is 4.00. The van der Waals surface area contributed by atoms with Crippen LogP contribution in [0, 0.1) is 10.1 Å². The number of non-ortho nitro benzene ring substituents is 1. The fraction of sp³-hybridized carbons (Fsp3) is 0.143. The van der Waals surface area contributed by atoms with Crippen molar-refractivity contribution in [2.45, 2.75) is 13.8 Å². The van der Waals surface area contributed by atoms with E-state index < -0.39 is 16.8 Å². The first-order valence-corrected chi connectivity index (χ1v) is 8.96. The lowest BCUT2D eigenvalue weighted by atomic mass is 9.99. The van der Waals surface area contributed by atoms with Crippen LogP contribution in [-0.4, -0.2) is 40.1 Å². The Balaban J connectivity index is 2.08. The molecule has 1 aliphatic heterocycles. The molecule has 3 rings (SSSR count). The van der Waals surface area contributed by atoms with E-state index in [1.165, 1.54) is 25.1 Å². The number of allylic oxidation sites excluding steroid dienone is 1. The topological polar surface area (TPSA) is 131 Å². The Labute approximate surface area is 171 Å². The van der Waals surface area contributed by atoms with Crippen LogP contribution in [0.1, 0.15) is 35.3 Å². The molecule has 9 heteroatoms. The summed E-state index contributed by atoms with van der Waals surface area (Å²) in [5.41, 5.74) is 0.777. The number of hydrogen-bond acceptors (Lipinski definition) is 6. The van der Waals surface area contributed by atoms with Crippen molar-refractivity contribution < 1.29 is 24.4 Å². The molecule has 0 spiro atoms. The van der Waals surface area contributed by atoms with Crippen LogP contribution in [-0.2, 0) is 9.53 Å². The van der Waals surface area contributed by atoms with E-state index in [2.05, 4.69) is 9.98 Å². The molecule has 0 radical (unpaired) electrons. The standard InChI is InChI=1S/C21H17N3O6/c1-3-30-21(27)17(12(2)25)18-15-9-4-5-10-16(15)19(22-18)23-20(26)13-7-6-8-14(11-13)24(28)29/h4-11,25H,3H2,1-2H3/b17-12+,23-19?. The van der Waals surface area contributed by atoms with Gasteiger partial charge < -0.3 is 9.84 Å². The average molecular weight is 407 g/mol. The molecule has 1 heterocycles. The van der Waals surface area contributed by atoms with Gasteiger partial charge >= 0.3 is 5.97 Å². The van der Waals surface area contributed by atoms with E-state index in [1.54, 1.807) is 31.2 Å². The van der Waals surface area contributed by atoms with E-state index in [9.17, 15) is 24.8 Å². The highest BCUT2D eigenvalue weighted by Crippen LogP contribution is 2.26. The first-order valence-electron chi connectivity index (χ1n) is 8.96. The molecule has 0 fully saturated rings. The zero-order valence-electron chi connectivity index (χ0n) is 16.2. The highest BCUT2D eigenvalue weighted by molar-refractivity contribution is 6.36. The molecule has 9 nitrogen and oxygen atoms in total. The van der Waals surface area contributed by atoms with Gasteiger partial charge in [-0.25, -0.2) is 9.79 Å². The number of ether oxygens (including phenoxy) is 1. The molecular weight excluding hydrogens is 390 g/mol. The smallest absolute Gasteiger partial charge is 0.343 e. The number of nitro benzene ring substituents is 1. The Hall–Kier alpha value is -4.14. The van der Waals surface area contributed by atoms with E-state index in [-0.39, 0.29) is 40.7 Å². The van der Waals surface area contributed by atoms with Crippen molar-refractivity contribution in [3.63, 3.8) is 0 Å². The van der Waals surface area contributed by atoms with Crippen molar-refractivity contribution in [2.75, 3.05) is 6.61 Å². The minimum absolute atomic E-state index is 0.0253. The van der Waals surface area contributed by atoms with Gasteiger partial charge in [0.15, 0.2) is 5.84 Å². The van der Waals surface area contributed by atoms with E-state index in [4.69, 9.17) is 4.74 Å². The highest BCUT2D eigenvalue weighted by Gasteiger charge is 2.30. The van der Waals surface area contributed by atoms with E-state index in [1.807, 2.05) is 0 Å². The largest absolute Gasteiger partial charge is 0.512 e. The number of fused-ring (bicyclic) bond motifs is 1. The van der Waals surface area contributed by atoms with Crippen molar-refractivity contribution in [3.8, 4) is 0 Å². The Kier molecular flexibility index (Phi) is 5.82. The summed E-state index contributed by atoms with van der Waals surface area (Å²) in [4.78, 5) is 43.6. The first kappa shape index (κ1) is 20.6. The monoisotopic (exact) mass is 407 g/mol. The normalized spacial score (nSPS) is 14.6. The van der Waals surface area contributed by atoms with Crippen molar-refractivity contribution in [1.82, 2.24) is 0 Å². The van der Waals surface area contributed by atoms with Gasteiger partial charge in [-0.2, -0.15) is 4.99 Å². The van der Waals surface area contributed by atoms with Gasteiger partial charge in [-0.05, 0) is 19.9 Å². The maximum Gasteiger partial charge on any atom is 0.343 e. The number of benzene rings is 2. The molecule has 1 amide bonds. The Morgan fingerprint density at radius 1 is 1.17 bits per heavy atom. The minimum atomic E-state index is -0.752. The van der Waals surface area contributed by atoms with Crippen LogP contribution in [0.25, 0.3) is 0 Å². The number of aliphatic imine (C=N–C) groups is 2. The fourth-order valence-corrected chi connectivity index (χ4v) is 2.92. The van der Waals surface area contributed by atoms with Crippen molar-refractivity contribution >= 4 is 29.1 Å². The van der Waals surface area contributed by atoms with Gasteiger partial charge in [-0.3, -0.25) is 14.9 Å². The lowest BCUT2D eigenvalue weighted by Crippen LogP contribution is -2.18. The third-order valence-corrected chi connectivity index (χ3v) is 4.23. The Bertz CT molecular complexity index is 1140. The summed E-state index contributed by atoms with van der Waals surface area (Å²) < 4.78 is 5.01. The first-order chi connectivity index (χ1) is 14.3. The summed E-state index contributed by atoms with van der Waals surface area (Å²) >= 11 is 0. The van der Waals surface area contributed by atoms with E-state index >= 15 is 0 Å². The molecule has 0 saturated heterocycles. The van der Waals surface area contributed by atoms with Gasteiger partial charge in [0.1, 0.15) is 11.3 Å². The third-order valence-electron chi connectivity index (χ3n) is 4.23. The quantitative estimate of drug-likeness (QED) is 0.266. The summed E-state index contributed by atoms with van der Waals surface area (Å²) in [7, 11) is 0. The van der Waals surface area contributed by atoms with E-state index in [0.29, 0.717) is 11.1 Å². The SMILES string of the molecule is CCOC(=O)/C(C1=NC(=NC(=O)c2cccc([N+](=O)[O-])c2)c2ccccc21)=C(\C)O. The van der Waals surface area contributed by atoms with Crippen LogP contribution < -0.4 is 0 Å². The summed E-state index contributed by atoms with van der Waals surface area (Å²) in [6, 6.07) is 12.0. The van der Waals surface area contributed by atoms with Crippen molar-refractivity contribution in [3.05, 3.63) is 86.7 Å². The maximum atomic E-state index is 12.6. The molecule has 2 aromatic carbocycles.